The van der Waals surface area contributed by atoms with Crippen LogP contribution in [0, 0.1) is 0 Å². The highest BCUT2D eigenvalue weighted by Crippen LogP contribution is 2.42. The monoisotopic (exact) mass is 273 g/mol. The van der Waals surface area contributed by atoms with E-state index in [0.29, 0.717) is 6.04 Å². The van der Waals surface area contributed by atoms with Crippen LogP contribution in [-0.2, 0) is 4.74 Å². The smallest absolute Gasteiger partial charge is 0.0697 e. The number of rotatable bonds is 6. The average molecular weight is 273 g/mol. The lowest BCUT2D eigenvalue weighted by Crippen LogP contribution is -2.42. The van der Waals surface area contributed by atoms with Crippen LogP contribution in [-0.4, -0.2) is 19.8 Å². The van der Waals surface area contributed by atoms with Crippen LogP contribution in [0.2, 0.25) is 0 Å². The fourth-order valence-electron chi connectivity index (χ4n) is 3.56. The summed E-state index contributed by atoms with van der Waals surface area (Å²) in [5, 5.41) is 3.47. The van der Waals surface area contributed by atoms with Gasteiger partial charge < -0.3 is 10.1 Å². The van der Waals surface area contributed by atoms with E-state index in [1.807, 2.05) is 7.11 Å². The van der Waals surface area contributed by atoms with Crippen molar-refractivity contribution in [2.75, 3.05) is 14.2 Å². The van der Waals surface area contributed by atoms with Crippen LogP contribution >= 0.6 is 0 Å². The van der Waals surface area contributed by atoms with E-state index in [4.69, 9.17) is 4.74 Å². The van der Waals surface area contributed by atoms with Gasteiger partial charge in [-0.05, 0) is 62.6 Å². The number of nitrogens with one attached hydrogen (secondary N) is 1. The first-order valence-electron chi connectivity index (χ1n) is 8.09. The maximum Gasteiger partial charge on any atom is 0.0697 e. The molecule has 0 spiro atoms. The Hall–Kier alpha value is -0.860. The van der Waals surface area contributed by atoms with Crippen LogP contribution in [0.25, 0.3) is 0 Å². The van der Waals surface area contributed by atoms with Crippen LogP contribution in [0.4, 0.5) is 0 Å². The van der Waals surface area contributed by atoms with Crippen LogP contribution in [0.15, 0.2) is 24.3 Å². The second-order valence-corrected chi connectivity index (χ2v) is 6.58. The summed E-state index contributed by atoms with van der Waals surface area (Å²) in [4.78, 5) is 0. The molecule has 0 radical (unpaired) electrons. The second kappa shape index (κ2) is 5.87. The molecule has 1 unspecified atom stereocenters. The third-order valence-electron chi connectivity index (χ3n) is 5.54. The first-order chi connectivity index (χ1) is 9.76. The Balaban J connectivity index is 1.68. The molecular weight excluding hydrogens is 246 g/mol. The Morgan fingerprint density at radius 2 is 1.90 bits per heavy atom. The molecule has 0 aromatic heterocycles. The van der Waals surface area contributed by atoms with Crippen LogP contribution in [0.1, 0.15) is 68.0 Å². The van der Waals surface area contributed by atoms with Gasteiger partial charge in [0.05, 0.1) is 5.60 Å². The van der Waals surface area contributed by atoms with Crippen molar-refractivity contribution in [3.8, 4) is 0 Å². The Morgan fingerprint density at radius 1 is 1.20 bits per heavy atom. The van der Waals surface area contributed by atoms with Gasteiger partial charge in [-0.15, -0.1) is 0 Å². The van der Waals surface area contributed by atoms with Gasteiger partial charge in [0.15, 0.2) is 0 Å². The first kappa shape index (κ1) is 14.1. The van der Waals surface area contributed by atoms with Gasteiger partial charge in [-0.2, -0.15) is 0 Å². The molecule has 3 rings (SSSR count). The molecule has 2 saturated carbocycles. The zero-order valence-corrected chi connectivity index (χ0v) is 12.8. The highest BCUT2D eigenvalue weighted by molar-refractivity contribution is 5.28. The number of methoxy groups -OCH3 is 1. The molecule has 0 heterocycles. The van der Waals surface area contributed by atoms with Crippen molar-refractivity contribution in [2.24, 2.45) is 0 Å². The minimum Gasteiger partial charge on any atom is -0.378 e. The lowest BCUT2D eigenvalue weighted by atomic mass is 9.74. The minimum atomic E-state index is 0.125. The van der Waals surface area contributed by atoms with E-state index >= 15 is 0 Å². The molecular formula is C18H27NO. The van der Waals surface area contributed by atoms with Gasteiger partial charge in [0.2, 0.25) is 0 Å². The summed E-state index contributed by atoms with van der Waals surface area (Å²) < 4.78 is 5.78. The van der Waals surface area contributed by atoms with Crippen molar-refractivity contribution in [1.29, 1.82) is 0 Å². The summed E-state index contributed by atoms with van der Waals surface area (Å²) in [5.41, 5.74) is 3.05. The third kappa shape index (κ3) is 2.64. The molecule has 0 aliphatic heterocycles. The number of ether oxygens (including phenoxy) is 1. The number of hydrogen-bond donors (Lipinski definition) is 1. The van der Waals surface area contributed by atoms with Crippen LogP contribution in [0.3, 0.4) is 0 Å². The van der Waals surface area contributed by atoms with E-state index < -0.39 is 0 Å². The van der Waals surface area contributed by atoms with Crippen LogP contribution < -0.4 is 5.32 Å². The predicted octanol–water partition coefficient (Wildman–Crippen LogP) is 4.17. The van der Waals surface area contributed by atoms with E-state index in [-0.39, 0.29) is 5.60 Å². The van der Waals surface area contributed by atoms with E-state index in [9.17, 15) is 0 Å². The molecule has 1 aromatic rings. The van der Waals surface area contributed by atoms with Crippen LogP contribution in [0.5, 0.6) is 0 Å². The quantitative estimate of drug-likeness (QED) is 0.839. The highest BCUT2D eigenvalue weighted by Gasteiger charge is 2.39. The van der Waals surface area contributed by atoms with Gasteiger partial charge in [-0.25, -0.2) is 0 Å². The van der Waals surface area contributed by atoms with Crippen molar-refractivity contribution in [2.45, 2.75) is 62.5 Å². The molecule has 2 aliphatic carbocycles. The summed E-state index contributed by atoms with van der Waals surface area (Å²) in [7, 11) is 3.93. The molecule has 0 amide bonds. The molecule has 2 aliphatic rings. The summed E-state index contributed by atoms with van der Waals surface area (Å²) in [6.45, 7) is 0. The highest BCUT2D eigenvalue weighted by atomic mass is 16.5. The summed E-state index contributed by atoms with van der Waals surface area (Å²) in [5.74, 6) is 0.828. The van der Waals surface area contributed by atoms with E-state index in [1.54, 1.807) is 0 Å². The standard InChI is InChI=1S/C18H27NO/c1-19-17(13-18(20-2)11-4-12-18)16-9-7-15(8-10-16)14-5-3-6-14/h7-10,14,17,19H,3-6,11-13H2,1-2H3. The van der Waals surface area contributed by atoms with E-state index in [1.165, 1.54) is 49.7 Å². The molecule has 1 atom stereocenters. The lowest BCUT2D eigenvalue weighted by molar-refractivity contribution is -0.0834. The molecule has 1 aromatic carbocycles. The molecule has 110 valence electrons. The summed E-state index contributed by atoms with van der Waals surface area (Å²) in [6, 6.07) is 9.71. The molecule has 0 bridgehead atoms. The minimum absolute atomic E-state index is 0.125. The molecule has 2 nitrogen and oxygen atoms in total. The predicted molar refractivity (Wildman–Crippen MR) is 83.0 cm³/mol. The summed E-state index contributed by atoms with van der Waals surface area (Å²) >= 11 is 0. The Bertz CT molecular complexity index is 426. The van der Waals surface area contributed by atoms with Gasteiger partial charge in [0, 0.05) is 13.2 Å². The largest absolute Gasteiger partial charge is 0.378 e. The Morgan fingerprint density at radius 3 is 2.30 bits per heavy atom. The summed E-state index contributed by atoms with van der Waals surface area (Å²) in [6.07, 6.45) is 8.97. The van der Waals surface area contributed by atoms with Crippen molar-refractivity contribution in [3.05, 3.63) is 35.4 Å². The fraction of sp³-hybridized carbons (Fsp3) is 0.667. The molecule has 2 fully saturated rings. The maximum absolute atomic E-state index is 5.78. The van der Waals surface area contributed by atoms with Gasteiger partial charge in [-0.1, -0.05) is 30.7 Å². The van der Waals surface area contributed by atoms with Gasteiger partial charge >= 0.3 is 0 Å². The average Bonchev–Trinajstić information content (AvgIpc) is 2.38. The SMILES string of the molecule is CNC(CC1(OC)CCC1)c1ccc(C2CCC2)cc1. The Labute approximate surface area is 122 Å². The van der Waals surface area contributed by atoms with Crippen molar-refractivity contribution < 1.29 is 4.74 Å². The Kier molecular flexibility index (Phi) is 4.13. The molecule has 2 heteroatoms. The first-order valence-corrected chi connectivity index (χ1v) is 8.09. The van der Waals surface area contributed by atoms with E-state index in [2.05, 4.69) is 36.6 Å². The molecule has 0 saturated heterocycles. The van der Waals surface area contributed by atoms with Crippen molar-refractivity contribution in [3.63, 3.8) is 0 Å². The zero-order chi connectivity index (χ0) is 14.0. The number of hydrogen-bond acceptors (Lipinski definition) is 2. The van der Waals surface area contributed by atoms with Gasteiger partial charge in [0.25, 0.3) is 0 Å². The van der Waals surface area contributed by atoms with Crippen molar-refractivity contribution in [1.82, 2.24) is 5.32 Å². The van der Waals surface area contributed by atoms with Gasteiger partial charge in [0.1, 0.15) is 0 Å². The zero-order valence-electron chi connectivity index (χ0n) is 12.8. The number of benzene rings is 1. The third-order valence-corrected chi connectivity index (χ3v) is 5.54. The molecule has 1 N–H and O–H groups in total. The lowest BCUT2D eigenvalue weighted by Gasteiger charge is -2.43. The molecule has 20 heavy (non-hydrogen) atoms. The normalized spacial score (nSPS) is 22.9. The van der Waals surface area contributed by atoms with Crippen molar-refractivity contribution >= 4 is 0 Å². The topological polar surface area (TPSA) is 21.3 Å². The van der Waals surface area contributed by atoms with Gasteiger partial charge in [-0.3, -0.25) is 0 Å². The van der Waals surface area contributed by atoms with E-state index in [0.717, 1.165) is 12.3 Å². The second-order valence-electron chi connectivity index (χ2n) is 6.58. The fourth-order valence-corrected chi connectivity index (χ4v) is 3.56. The maximum atomic E-state index is 5.78.